The molecule has 4 rings (SSSR count). The van der Waals surface area contributed by atoms with Crippen LogP contribution in [0.2, 0.25) is 5.15 Å². The summed E-state index contributed by atoms with van der Waals surface area (Å²) in [6.45, 7) is 6.08. The number of nitrogens with one attached hydrogen (secondary N) is 1. The van der Waals surface area contributed by atoms with E-state index in [4.69, 9.17) is 31.1 Å². The maximum absolute atomic E-state index is 14.0. The van der Waals surface area contributed by atoms with Crippen LogP contribution in [-0.2, 0) is 24.9 Å². The number of aromatic nitrogens is 3. The Bertz CT molecular complexity index is 1250. The molecule has 0 amide bonds. The zero-order valence-electron chi connectivity index (χ0n) is 19.6. The van der Waals surface area contributed by atoms with Crippen molar-refractivity contribution in [2.24, 2.45) is 5.41 Å². The normalized spacial score (nSPS) is 21.4. The summed E-state index contributed by atoms with van der Waals surface area (Å²) in [6, 6.07) is 12.9. The van der Waals surface area contributed by atoms with Gasteiger partial charge in [-0.05, 0) is 24.1 Å². The Balaban J connectivity index is 1.70. The monoisotopic (exact) mass is 519 g/mol. The fourth-order valence-corrected chi connectivity index (χ4v) is 5.80. The highest BCUT2D eigenvalue weighted by Gasteiger charge is 2.48. The summed E-state index contributed by atoms with van der Waals surface area (Å²) in [5.74, 6) is -0.814. The van der Waals surface area contributed by atoms with Crippen LogP contribution in [0.4, 0.5) is 11.6 Å². The zero-order valence-corrected chi connectivity index (χ0v) is 21.3. The topological polar surface area (TPSA) is 131 Å². The third kappa shape index (κ3) is 5.21. The molecule has 0 saturated carbocycles. The van der Waals surface area contributed by atoms with Gasteiger partial charge < -0.3 is 15.8 Å². The molecule has 35 heavy (non-hydrogen) atoms. The van der Waals surface area contributed by atoms with Gasteiger partial charge in [0.2, 0.25) is 0 Å². The number of rotatable bonds is 7. The molecule has 0 radical (unpaired) electrons. The van der Waals surface area contributed by atoms with Crippen molar-refractivity contribution in [1.82, 2.24) is 14.5 Å². The molecule has 0 spiro atoms. The number of hydrogen-bond acceptors (Lipinski definition) is 9. The molecule has 2 atom stereocenters. The molecule has 1 aromatic carbocycles. The number of carbonyl (C=O) groups excluding carboxylic acids is 1. The highest BCUT2D eigenvalue weighted by atomic mass is 35.5. The van der Waals surface area contributed by atoms with E-state index in [9.17, 15) is 9.36 Å². The summed E-state index contributed by atoms with van der Waals surface area (Å²) in [4.78, 5) is 16.8. The number of nitrogens with two attached hydrogens (primary N) is 1. The van der Waals surface area contributed by atoms with Crippen molar-refractivity contribution in [3.05, 3.63) is 70.5 Å². The van der Waals surface area contributed by atoms with Crippen LogP contribution in [0.15, 0.2) is 48.7 Å². The zero-order chi connectivity index (χ0) is 25.2. The molecule has 10 nitrogen and oxygen atoms in total. The van der Waals surface area contributed by atoms with Gasteiger partial charge in [-0.25, -0.2) is 14.3 Å². The molecule has 1 fully saturated rings. The minimum absolute atomic E-state index is 0.0581. The molecule has 1 aliphatic rings. The van der Waals surface area contributed by atoms with Gasteiger partial charge in [-0.1, -0.05) is 61.8 Å². The van der Waals surface area contributed by atoms with Crippen LogP contribution in [0.25, 0.3) is 0 Å². The molecule has 0 bridgehead atoms. The second kappa shape index (κ2) is 9.99. The number of pyridine rings is 1. The molecule has 1 aliphatic heterocycles. The number of carbonyl (C=O) groups is 1. The van der Waals surface area contributed by atoms with Crippen molar-refractivity contribution < 1.29 is 23.1 Å². The Morgan fingerprint density at radius 2 is 2.06 bits per heavy atom. The quantitative estimate of drug-likeness (QED) is 0.249. The van der Waals surface area contributed by atoms with E-state index < -0.39 is 25.2 Å². The number of esters is 1. The molecular formula is C23H27ClN5O5P. The van der Waals surface area contributed by atoms with Crippen LogP contribution in [0.1, 0.15) is 48.4 Å². The number of halogens is 1. The van der Waals surface area contributed by atoms with Crippen LogP contribution in [0.3, 0.4) is 0 Å². The van der Waals surface area contributed by atoms with Crippen LogP contribution in [-0.4, -0.2) is 33.7 Å². The first-order chi connectivity index (χ1) is 16.6. The average molecular weight is 520 g/mol. The van der Waals surface area contributed by atoms with Crippen LogP contribution < -0.4 is 11.1 Å². The highest BCUT2D eigenvalue weighted by molar-refractivity contribution is 7.52. The number of nitrogens with zero attached hydrogens (tertiary/aromatic N) is 3. The number of benzene rings is 1. The van der Waals surface area contributed by atoms with E-state index in [0.29, 0.717) is 5.15 Å². The second-order valence-electron chi connectivity index (χ2n) is 8.69. The highest BCUT2D eigenvalue weighted by Crippen LogP contribution is 2.62. The minimum atomic E-state index is -4.07. The average Bonchev–Trinajstić information content (AvgIpc) is 3.18. The van der Waals surface area contributed by atoms with Crippen molar-refractivity contribution in [1.29, 1.82) is 0 Å². The van der Waals surface area contributed by atoms with Crippen LogP contribution in [0, 0.1) is 5.41 Å². The maximum Gasteiger partial charge on any atom is 0.457 e. The van der Waals surface area contributed by atoms with Crippen LogP contribution >= 0.6 is 19.3 Å². The number of anilines is 2. The maximum atomic E-state index is 14.0. The Kier molecular flexibility index (Phi) is 7.19. The van der Waals surface area contributed by atoms with E-state index in [-0.39, 0.29) is 37.0 Å². The van der Waals surface area contributed by atoms with E-state index >= 15 is 0 Å². The number of nitrogen functional groups attached to an aromatic ring is 1. The van der Waals surface area contributed by atoms with Crippen molar-refractivity contribution >= 4 is 37.0 Å². The summed E-state index contributed by atoms with van der Waals surface area (Å²) in [7, 11) is -4.07. The Hall–Kier alpha value is -2.91. The Labute approximate surface area is 208 Å². The van der Waals surface area contributed by atoms with Gasteiger partial charge in [0, 0.05) is 18.2 Å². The third-order valence-corrected chi connectivity index (χ3v) is 7.44. The van der Waals surface area contributed by atoms with Crippen LogP contribution in [0.5, 0.6) is 0 Å². The van der Waals surface area contributed by atoms with Gasteiger partial charge in [0.15, 0.2) is 5.82 Å². The smallest absolute Gasteiger partial charge is 0.457 e. The lowest BCUT2D eigenvalue weighted by Crippen LogP contribution is -2.34. The van der Waals surface area contributed by atoms with E-state index in [1.165, 1.54) is 0 Å². The number of hydrogen-bond donors (Lipinski definition) is 2. The molecule has 0 aliphatic carbocycles. The molecule has 3 N–H and O–H groups in total. The van der Waals surface area contributed by atoms with E-state index in [2.05, 4.69) is 15.4 Å². The SMILES string of the molecule is CCOC(=O)c1c(NCc2ccc(Cl)nc2)nn(P2(=O)OCC(C)(C)C(c3ccccc3)O2)c1N. The van der Waals surface area contributed by atoms with Crippen molar-refractivity contribution in [2.45, 2.75) is 33.4 Å². The molecule has 2 unspecified atom stereocenters. The van der Waals surface area contributed by atoms with Gasteiger partial charge in [0.05, 0.1) is 13.2 Å². The third-order valence-electron chi connectivity index (χ3n) is 5.51. The van der Waals surface area contributed by atoms with E-state index in [0.717, 1.165) is 15.6 Å². The van der Waals surface area contributed by atoms with Gasteiger partial charge in [-0.3, -0.25) is 9.05 Å². The standard InChI is InChI=1S/C23H27ClN5O5P/c1-4-32-22(30)18-20(25)29(28-21(18)27-13-15-10-11-17(24)26-12-15)35(31)33-14-23(2,3)19(34-35)16-8-6-5-7-9-16/h5-12,19H,4,13-14,25H2,1-3H3,(H,27,28). The van der Waals surface area contributed by atoms with E-state index in [1.54, 1.807) is 25.3 Å². The molecule has 3 heterocycles. The molecule has 2 aromatic heterocycles. The first-order valence-electron chi connectivity index (χ1n) is 11.0. The Morgan fingerprint density at radius 3 is 2.71 bits per heavy atom. The summed E-state index contributed by atoms with van der Waals surface area (Å²) in [5, 5.41) is 7.73. The number of ether oxygens (including phenoxy) is 1. The van der Waals surface area contributed by atoms with Gasteiger partial charge in [0.25, 0.3) is 0 Å². The minimum Gasteiger partial charge on any atom is -0.462 e. The lowest BCUT2D eigenvalue weighted by molar-refractivity contribution is -0.0304. The lowest BCUT2D eigenvalue weighted by atomic mass is 9.83. The first kappa shape index (κ1) is 25.2. The lowest BCUT2D eigenvalue weighted by Gasteiger charge is -2.41. The van der Waals surface area contributed by atoms with Gasteiger partial charge in [-0.15, -0.1) is 9.55 Å². The van der Waals surface area contributed by atoms with Crippen molar-refractivity contribution in [3.8, 4) is 0 Å². The summed E-state index contributed by atoms with van der Waals surface area (Å²) < 4.78 is 31.9. The fraction of sp³-hybridized carbons (Fsp3) is 0.348. The van der Waals surface area contributed by atoms with Gasteiger partial charge in [0.1, 0.15) is 22.6 Å². The van der Waals surface area contributed by atoms with Gasteiger partial charge >= 0.3 is 13.7 Å². The fourth-order valence-electron chi connectivity index (χ4n) is 3.70. The largest absolute Gasteiger partial charge is 0.462 e. The molecule has 1 saturated heterocycles. The van der Waals surface area contributed by atoms with E-state index in [1.807, 2.05) is 44.2 Å². The molecule has 12 heteroatoms. The Morgan fingerprint density at radius 1 is 1.31 bits per heavy atom. The summed E-state index contributed by atoms with van der Waals surface area (Å²) >= 11 is 5.85. The van der Waals surface area contributed by atoms with Crippen molar-refractivity contribution in [3.63, 3.8) is 0 Å². The summed E-state index contributed by atoms with van der Waals surface area (Å²) in [6.07, 6.45) is 1.02. The molecular weight excluding hydrogens is 493 g/mol. The predicted molar refractivity (Wildman–Crippen MR) is 132 cm³/mol. The summed E-state index contributed by atoms with van der Waals surface area (Å²) in [5.41, 5.74) is 7.37. The molecule has 186 valence electrons. The van der Waals surface area contributed by atoms with Gasteiger partial charge in [-0.2, -0.15) is 0 Å². The second-order valence-corrected chi connectivity index (χ2v) is 10.9. The van der Waals surface area contributed by atoms with Crippen molar-refractivity contribution in [2.75, 3.05) is 24.3 Å². The predicted octanol–water partition coefficient (Wildman–Crippen LogP) is 5.07. The first-order valence-corrected chi connectivity index (χ1v) is 12.9. The molecule has 3 aromatic rings.